The molecule has 4 aliphatic rings. The Kier molecular flexibility index (Phi) is 5.04. The van der Waals surface area contributed by atoms with Gasteiger partial charge in [-0.15, -0.1) is 0 Å². The van der Waals surface area contributed by atoms with Crippen molar-refractivity contribution in [1.82, 2.24) is 9.78 Å². The highest BCUT2D eigenvalue weighted by molar-refractivity contribution is 6.33. The van der Waals surface area contributed by atoms with Crippen molar-refractivity contribution in [2.75, 3.05) is 5.32 Å². The first-order chi connectivity index (χ1) is 15.5. The highest BCUT2D eigenvalue weighted by Gasteiger charge is 2.59. The summed E-state index contributed by atoms with van der Waals surface area (Å²) in [5.74, 6) is -0.131. The molecule has 0 aliphatic heterocycles. The van der Waals surface area contributed by atoms with Crippen molar-refractivity contribution in [2.24, 2.45) is 17.3 Å². The van der Waals surface area contributed by atoms with Crippen LogP contribution in [0.4, 0.5) is 24.5 Å². The van der Waals surface area contributed by atoms with Crippen LogP contribution < -0.4 is 10.9 Å². The number of hydrogen-bond donors (Lipinski definition) is 2. The van der Waals surface area contributed by atoms with Gasteiger partial charge in [-0.3, -0.25) is 9.59 Å². The van der Waals surface area contributed by atoms with E-state index in [0.29, 0.717) is 18.3 Å². The molecule has 0 radical (unpaired) electrons. The van der Waals surface area contributed by atoms with Gasteiger partial charge < -0.3 is 10.4 Å². The number of benzene rings is 1. The number of alkyl halides is 3. The Bertz CT molecular complexity index is 1170. The normalized spacial score (nSPS) is 30.4. The standard InChI is InChI=1S/C23H23ClF3N3O3/c24-19-17(29-16-3-1-2-15(5-16)23(25,26)27)11-28-30(20(19)33)22-8-13-4-14(9-22)7-21(6-13,12-22)10-18(31)32/h1-3,5,11,13-14,29H,4,6-10,12H2,(H,31,32). The van der Waals surface area contributed by atoms with Gasteiger partial charge in [-0.1, -0.05) is 17.7 Å². The van der Waals surface area contributed by atoms with Crippen molar-refractivity contribution in [1.29, 1.82) is 0 Å². The van der Waals surface area contributed by atoms with E-state index in [1.807, 2.05) is 0 Å². The topological polar surface area (TPSA) is 84.2 Å². The second-order valence-electron chi connectivity index (χ2n) is 10.0. The summed E-state index contributed by atoms with van der Waals surface area (Å²) in [4.78, 5) is 24.8. The van der Waals surface area contributed by atoms with Gasteiger partial charge in [-0.05, 0) is 74.0 Å². The van der Waals surface area contributed by atoms with Crippen LogP contribution in [0.25, 0.3) is 0 Å². The number of nitrogens with one attached hydrogen (secondary N) is 1. The van der Waals surface area contributed by atoms with Crippen molar-refractivity contribution >= 4 is 28.9 Å². The van der Waals surface area contributed by atoms with Crippen molar-refractivity contribution < 1.29 is 23.1 Å². The third kappa shape index (κ3) is 3.90. The molecule has 2 N–H and O–H groups in total. The molecule has 10 heteroatoms. The second-order valence-corrected chi connectivity index (χ2v) is 10.4. The number of carboxylic acid groups (broad SMARTS) is 1. The zero-order valence-electron chi connectivity index (χ0n) is 17.7. The van der Waals surface area contributed by atoms with Crippen LogP contribution in [0.5, 0.6) is 0 Å². The number of aromatic nitrogens is 2. The smallest absolute Gasteiger partial charge is 0.416 e. The molecular formula is C23H23ClF3N3O3. The van der Waals surface area contributed by atoms with Crippen molar-refractivity contribution in [3.63, 3.8) is 0 Å². The van der Waals surface area contributed by atoms with Crippen molar-refractivity contribution in [3.05, 3.63) is 51.4 Å². The predicted octanol–water partition coefficient (Wildman–Crippen LogP) is 5.43. The summed E-state index contributed by atoms with van der Waals surface area (Å²) in [7, 11) is 0. The third-order valence-corrected chi connectivity index (χ3v) is 7.88. The minimum atomic E-state index is -4.49. The quantitative estimate of drug-likeness (QED) is 0.595. The fraction of sp³-hybridized carbons (Fsp3) is 0.522. The van der Waals surface area contributed by atoms with E-state index in [-0.39, 0.29) is 28.2 Å². The predicted molar refractivity (Wildman–Crippen MR) is 116 cm³/mol. The van der Waals surface area contributed by atoms with Crippen LogP contribution in [0, 0.1) is 17.3 Å². The summed E-state index contributed by atoms with van der Waals surface area (Å²) >= 11 is 6.38. The lowest BCUT2D eigenvalue weighted by Crippen LogP contribution is -2.59. The Morgan fingerprint density at radius 1 is 1.24 bits per heavy atom. The molecule has 4 aliphatic carbocycles. The Morgan fingerprint density at radius 3 is 2.58 bits per heavy atom. The lowest BCUT2D eigenvalue weighted by Gasteiger charge is -2.61. The minimum absolute atomic E-state index is 0.0828. The first kappa shape index (κ1) is 22.3. The van der Waals surface area contributed by atoms with Crippen LogP contribution in [0.3, 0.4) is 0 Å². The molecule has 6 nitrogen and oxygen atoms in total. The summed E-state index contributed by atoms with van der Waals surface area (Å²) in [6.45, 7) is 0. The van der Waals surface area contributed by atoms with Crippen LogP contribution in [0.15, 0.2) is 35.3 Å². The van der Waals surface area contributed by atoms with E-state index in [0.717, 1.165) is 44.2 Å². The monoisotopic (exact) mass is 481 g/mol. The third-order valence-electron chi connectivity index (χ3n) is 7.51. The molecule has 33 heavy (non-hydrogen) atoms. The highest BCUT2D eigenvalue weighted by atomic mass is 35.5. The maximum Gasteiger partial charge on any atom is 0.416 e. The fourth-order valence-corrected chi connectivity index (χ4v) is 7.14. The van der Waals surface area contributed by atoms with Crippen LogP contribution in [0.2, 0.25) is 5.02 Å². The van der Waals surface area contributed by atoms with Gasteiger partial charge in [0.2, 0.25) is 0 Å². The molecule has 6 rings (SSSR count). The van der Waals surface area contributed by atoms with Gasteiger partial charge in [-0.25, -0.2) is 4.68 Å². The molecule has 4 bridgehead atoms. The molecule has 0 amide bonds. The number of carbonyl (C=O) groups is 1. The molecule has 2 aromatic rings. The number of hydrogen-bond acceptors (Lipinski definition) is 4. The number of nitrogens with zero attached hydrogens (tertiary/aromatic N) is 2. The van der Waals surface area contributed by atoms with Crippen LogP contribution in [-0.4, -0.2) is 20.9 Å². The zero-order chi connectivity index (χ0) is 23.6. The summed E-state index contributed by atoms with van der Waals surface area (Å²) in [5, 5.41) is 16.5. The molecule has 0 saturated heterocycles. The lowest BCUT2D eigenvalue weighted by atomic mass is 9.46. The maximum absolute atomic E-state index is 13.3. The van der Waals surface area contributed by atoms with Gasteiger partial charge in [0.1, 0.15) is 5.02 Å². The minimum Gasteiger partial charge on any atom is -0.481 e. The van der Waals surface area contributed by atoms with E-state index >= 15 is 0 Å². The summed E-state index contributed by atoms with van der Waals surface area (Å²) in [5.41, 5.74) is -1.97. The van der Waals surface area contributed by atoms with Gasteiger partial charge >= 0.3 is 12.1 Å². The lowest BCUT2D eigenvalue weighted by molar-refractivity contribution is -0.151. The molecule has 1 aromatic heterocycles. The fourth-order valence-electron chi connectivity index (χ4n) is 6.96. The van der Waals surface area contributed by atoms with Crippen LogP contribution in [0.1, 0.15) is 50.5 Å². The molecule has 2 atom stereocenters. The molecule has 1 heterocycles. The van der Waals surface area contributed by atoms with Gasteiger partial charge in [0.05, 0.1) is 29.4 Å². The molecule has 4 saturated carbocycles. The van der Waals surface area contributed by atoms with E-state index in [2.05, 4.69) is 10.4 Å². The average molecular weight is 482 g/mol. The molecule has 4 fully saturated rings. The Labute approximate surface area is 192 Å². The summed E-state index contributed by atoms with van der Waals surface area (Å²) in [6, 6.07) is 4.62. The molecular weight excluding hydrogens is 459 g/mol. The number of aliphatic carboxylic acids is 1. The molecule has 176 valence electrons. The van der Waals surface area contributed by atoms with Gasteiger partial charge in [0.15, 0.2) is 0 Å². The van der Waals surface area contributed by atoms with Crippen molar-refractivity contribution in [2.45, 2.75) is 56.7 Å². The molecule has 1 aromatic carbocycles. The molecule has 0 spiro atoms. The number of carboxylic acids is 1. The zero-order valence-corrected chi connectivity index (χ0v) is 18.4. The number of halogens is 4. The van der Waals surface area contributed by atoms with Crippen LogP contribution >= 0.6 is 11.6 Å². The number of rotatable bonds is 5. The second kappa shape index (κ2) is 7.48. The van der Waals surface area contributed by atoms with E-state index in [4.69, 9.17) is 11.6 Å². The number of anilines is 2. The Morgan fingerprint density at radius 2 is 1.94 bits per heavy atom. The SMILES string of the molecule is O=C(O)CC12CC3CC(C1)CC(n1ncc(Nc4cccc(C(F)(F)F)c4)c(Cl)c1=O)(C3)C2. The average Bonchev–Trinajstić information content (AvgIpc) is 2.69. The Balaban J connectivity index is 1.47. The first-order valence-electron chi connectivity index (χ1n) is 10.9. The first-order valence-corrected chi connectivity index (χ1v) is 11.3. The van der Waals surface area contributed by atoms with E-state index in [1.54, 1.807) is 0 Å². The van der Waals surface area contributed by atoms with Crippen LogP contribution in [-0.2, 0) is 16.5 Å². The summed E-state index contributed by atoms with van der Waals surface area (Å²) < 4.78 is 40.5. The van der Waals surface area contributed by atoms with E-state index < -0.39 is 28.8 Å². The van der Waals surface area contributed by atoms with E-state index in [9.17, 15) is 27.9 Å². The van der Waals surface area contributed by atoms with Crippen molar-refractivity contribution in [3.8, 4) is 0 Å². The van der Waals surface area contributed by atoms with Gasteiger partial charge in [0, 0.05) is 5.69 Å². The maximum atomic E-state index is 13.3. The van der Waals surface area contributed by atoms with E-state index in [1.165, 1.54) is 23.0 Å². The largest absolute Gasteiger partial charge is 0.481 e. The van der Waals surface area contributed by atoms with Gasteiger partial charge in [0.25, 0.3) is 5.56 Å². The summed E-state index contributed by atoms with van der Waals surface area (Å²) in [6.07, 6.45) is 1.80. The van der Waals surface area contributed by atoms with Gasteiger partial charge in [-0.2, -0.15) is 18.3 Å². The Hall–Kier alpha value is -2.55. The molecule has 2 unspecified atom stereocenters. The highest BCUT2D eigenvalue weighted by Crippen LogP contribution is 2.65.